The summed E-state index contributed by atoms with van der Waals surface area (Å²) < 4.78 is 20.8. The van der Waals surface area contributed by atoms with Crippen LogP contribution in [-0.2, 0) is 18.9 Å². The summed E-state index contributed by atoms with van der Waals surface area (Å²) in [6.07, 6.45) is -0.650. The zero-order valence-electron chi connectivity index (χ0n) is 12.5. The molecule has 0 radical (unpaired) electrons. The van der Waals surface area contributed by atoms with E-state index < -0.39 is 6.10 Å². The summed E-state index contributed by atoms with van der Waals surface area (Å²) in [5.74, 6) is 0. The fourth-order valence-electron chi connectivity index (χ4n) is 1.59. The van der Waals surface area contributed by atoms with Crippen LogP contribution >= 0.6 is 0 Å². The van der Waals surface area contributed by atoms with Crippen molar-refractivity contribution in [2.45, 2.75) is 6.10 Å². The molecule has 0 heterocycles. The summed E-state index contributed by atoms with van der Waals surface area (Å²) in [6, 6.07) is 7.09. The molecule has 0 bridgehead atoms. The molecule has 0 spiro atoms. The number of methoxy groups -OCH3 is 1. The maximum atomic E-state index is 9.90. The number of aliphatic hydroxyl groups is 1. The Hall–Kier alpha value is -1.18. The van der Waals surface area contributed by atoms with Crippen LogP contribution < -0.4 is 5.73 Å². The standard InChI is InChI=1S/C15H25NO5/c1-18-6-7-19-8-9-20-10-11-21-12-15(17)13-2-4-14(16)5-3-13/h2-5,15,17H,6-12,16H2,1H3. The van der Waals surface area contributed by atoms with Gasteiger partial charge < -0.3 is 29.8 Å². The van der Waals surface area contributed by atoms with Gasteiger partial charge in [0.1, 0.15) is 6.10 Å². The summed E-state index contributed by atoms with van der Waals surface area (Å²) >= 11 is 0. The number of benzene rings is 1. The maximum Gasteiger partial charge on any atom is 0.102 e. The van der Waals surface area contributed by atoms with E-state index in [0.29, 0.717) is 45.3 Å². The second-order valence-electron chi connectivity index (χ2n) is 4.47. The third kappa shape index (κ3) is 8.64. The van der Waals surface area contributed by atoms with Gasteiger partial charge in [-0.05, 0) is 17.7 Å². The van der Waals surface area contributed by atoms with Crippen molar-refractivity contribution in [3.63, 3.8) is 0 Å². The Bertz CT molecular complexity index is 358. The Morgan fingerprint density at radius 1 is 0.905 bits per heavy atom. The monoisotopic (exact) mass is 299 g/mol. The van der Waals surface area contributed by atoms with Crippen molar-refractivity contribution in [1.82, 2.24) is 0 Å². The zero-order chi connectivity index (χ0) is 15.3. The number of anilines is 1. The van der Waals surface area contributed by atoms with Gasteiger partial charge in [0.05, 0.1) is 46.2 Å². The van der Waals surface area contributed by atoms with Crippen molar-refractivity contribution in [3.05, 3.63) is 29.8 Å². The third-order valence-electron chi connectivity index (χ3n) is 2.77. The van der Waals surface area contributed by atoms with E-state index in [1.807, 2.05) is 0 Å². The molecule has 3 N–H and O–H groups in total. The van der Waals surface area contributed by atoms with Gasteiger partial charge in [-0.3, -0.25) is 0 Å². The normalized spacial score (nSPS) is 12.5. The fraction of sp³-hybridized carbons (Fsp3) is 0.600. The maximum absolute atomic E-state index is 9.90. The van der Waals surface area contributed by atoms with Crippen molar-refractivity contribution < 1.29 is 24.1 Å². The molecule has 6 nitrogen and oxygen atoms in total. The minimum absolute atomic E-state index is 0.234. The zero-order valence-corrected chi connectivity index (χ0v) is 12.5. The number of hydrogen-bond acceptors (Lipinski definition) is 6. The largest absolute Gasteiger partial charge is 0.399 e. The van der Waals surface area contributed by atoms with Gasteiger partial charge in [0, 0.05) is 12.8 Å². The topological polar surface area (TPSA) is 83.2 Å². The van der Waals surface area contributed by atoms with Crippen LogP contribution in [0.5, 0.6) is 0 Å². The molecule has 21 heavy (non-hydrogen) atoms. The van der Waals surface area contributed by atoms with Gasteiger partial charge in [-0.1, -0.05) is 12.1 Å². The lowest BCUT2D eigenvalue weighted by Gasteiger charge is -2.12. The van der Waals surface area contributed by atoms with E-state index in [1.54, 1.807) is 31.4 Å². The summed E-state index contributed by atoms with van der Waals surface area (Å²) in [5, 5.41) is 9.90. The van der Waals surface area contributed by atoms with E-state index in [2.05, 4.69) is 0 Å². The smallest absolute Gasteiger partial charge is 0.102 e. The summed E-state index contributed by atoms with van der Waals surface area (Å²) in [5.41, 5.74) is 7.05. The number of ether oxygens (including phenoxy) is 4. The molecule has 120 valence electrons. The van der Waals surface area contributed by atoms with Crippen molar-refractivity contribution in [2.75, 3.05) is 59.1 Å². The Kier molecular flexibility index (Phi) is 9.77. The van der Waals surface area contributed by atoms with Crippen LogP contribution in [-0.4, -0.2) is 58.5 Å². The van der Waals surface area contributed by atoms with E-state index in [1.165, 1.54) is 0 Å². The lowest BCUT2D eigenvalue weighted by molar-refractivity contribution is -0.0148. The van der Waals surface area contributed by atoms with Crippen molar-refractivity contribution in [2.24, 2.45) is 0 Å². The summed E-state index contributed by atoms with van der Waals surface area (Å²) in [4.78, 5) is 0. The average molecular weight is 299 g/mol. The SMILES string of the molecule is COCCOCCOCCOCC(O)c1ccc(N)cc1. The number of nitrogens with two attached hydrogens (primary N) is 1. The lowest BCUT2D eigenvalue weighted by atomic mass is 10.1. The van der Waals surface area contributed by atoms with Crippen LogP contribution in [0.4, 0.5) is 5.69 Å². The Labute approximate surface area is 125 Å². The lowest BCUT2D eigenvalue weighted by Crippen LogP contribution is -2.13. The Balaban J connectivity index is 1.95. The molecule has 1 rings (SSSR count). The van der Waals surface area contributed by atoms with E-state index in [9.17, 15) is 5.11 Å². The van der Waals surface area contributed by atoms with Gasteiger partial charge in [-0.2, -0.15) is 0 Å². The molecule has 1 aromatic carbocycles. The number of aliphatic hydroxyl groups excluding tert-OH is 1. The van der Waals surface area contributed by atoms with Gasteiger partial charge in [0.2, 0.25) is 0 Å². The number of hydrogen-bond donors (Lipinski definition) is 2. The molecular weight excluding hydrogens is 274 g/mol. The highest BCUT2D eigenvalue weighted by Crippen LogP contribution is 2.14. The second-order valence-corrected chi connectivity index (χ2v) is 4.47. The van der Waals surface area contributed by atoms with Crippen molar-refractivity contribution >= 4 is 5.69 Å². The molecule has 1 atom stereocenters. The highest BCUT2D eigenvalue weighted by Gasteiger charge is 2.06. The van der Waals surface area contributed by atoms with Crippen LogP contribution in [0.1, 0.15) is 11.7 Å². The van der Waals surface area contributed by atoms with Crippen LogP contribution in [0.15, 0.2) is 24.3 Å². The minimum atomic E-state index is -0.650. The Morgan fingerprint density at radius 2 is 1.43 bits per heavy atom. The molecule has 0 aliphatic heterocycles. The third-order valence-corrected chi connectivity index (χ3v) is 2.77. The summed E-state index contributed by atoms with van der Waals surface area (Å²) in [6.45, 7) is 3.37. The number of rotatable bonds is 12. The molecule has 0 amide bonds. The molecule has 0 aromatic heterocycles. The van der Waals surface area contributed by atoms with Crippen molar-refractivity contribution in [3.8, 4) is 0 Å². The van der Waals surface area contributed by atoms with Gasteiger partial charge in [0.25, 0.3) is 0 Å². The first-order chi connectivity index (χ1) is 10.2. The molecule has 0 saturated carbocycles. The predicted octanol–water partition coefficient (Wildman–Crippen LogP) is 0.998. The first kappa shape index (κ1) is 17.9. The van der Waals surface area contributed by atoms with Gasteiger partial charge in [-0.25, -0.2) is 0 Å². The van der Waals surface area contributed by atoms with Crippen molar-refractivity contribution in [1.29, 1.82) is 0 Å². The summed E-state index contributed by atoms with van der Waals surface area (Å²) in [7, 11) is 1.63. The first-order valence-electron chi connectivity index (χ1n) is 6.99. The van der Waals surface area contributed by atoms with E-state index in [0.717, 1.165) is 5.56 Å². The molecule has 0 aliphatic rings. The van der Waals surface area contributed by atoms with Crippen LogP contribution in [0.3, 0.4) is 0 Å². The molecule has 0 fully saturated rings. The van der Waals surface area contributed by atoms with Crippen LogP contribution in [0.25, 0.3) is 0 Å². The van der Waals surface area contributed by atoms with Crippen LogP contribution in [0.2, 0.25) is 0 Å². The highest BCUT2D eigenvalue weighted by atomic mass is 16.6. The van der Waals surface area contributed by atoms with E-state index in [-0.39, 0.29) is 6.61 Å². The molecular formula is C15H25NO5. The molecule has 0 aliphatic carbocycles. The minimum Gasteiger partial charge on any atom is -0.399 e. The fourth-order valence-corrected chi connectivity index (χ4v) is 1.59. The predicted molar refractivity (Wildman–Crippen MR) is 80.1 cm³/mol. The molecule has 0 saturated heterocycles. The average Bonchev–Trinajstić information content (AvgIpc) is 2.49. The molecule has 6 heteroatoms. The Morgan fingerprint density at radius 3 is 2.00 bits per heavy atom. The number of nitrogen functional groups attached to an aromatic ring is 1. The van der Waals surface area contributed by atoms with E-state index >= 15 is 0 Å². The van der Waals surface area contributed by atoms with Gasteiger partial charge >= 0.3 is 0 Å². The molecule has 1 unspecified atom stereocenters. The van der Waals surface area contributed by atoms with E-state index in [4.69, 9.17) is 24.7 Å². The van der Waals surface area contributed by atoms with Gasteiger partial charge in [-0.15, -0.1) is 0 Å². The quantitative estimate of drug-likeness (QED) is 0.442. The van der Waals surface area contributed by atoms with Crippen LogP contribution in [0, 0.1) is 0 Å². The highest BCUT2D eigenvalue weighted by molar-refractivity contribution is 5.39. The first-order valence-corrected chi connectivity index (χ1v) is 6.99. The molecule has 1 aromatic rings. The second kappa shape index (κ2) is 11.5. The van der Waals surface area contributed by atoms with Gasteiger partial charge in [0.15, 0.2) is 0 Å².